The zero-order chi connectivity index (χ0) is 18.6. The average molecular weight is 363 g/mol. The van der Waals surface area contributed by atoms with Gasteiger partial charge in [0.05, 0.1) is 11.3 Å². The Labute approximate surface area is 147 Å². The molecule has 1 aliphatic heterocycles. The summed E-state index contributed by atoms with van der Waals surface area (Å²) in [6.45, 7) is 1.50. The number of halogens is 3. The summed E-state index contributed by atoms with van der Waals surface area (Å²) in [6, 6.07) is 5.98. The van der Waals surface area contributed by atoms with Crippen LogP contribution in [0.15, 0.2) is 24.4 Å². The molecular formula is C16H16F3N7. The summed E-state index contributed by atoms with van der Waals surface area (Å²) in [5.41, 5.74) is -0.422. The fraction of sp³-hybridized carbons (Fsp3) is 0.375. The van der Waals surface area contributed by atoms with Crippen molar-refractivity contribution < 1.29 is 13.2 Å². The second-order valence-corrected chi connectivity index (χ2v) is 5.82. The molecule has 0 saturated carbocycles. The lowest BCUT2D eigenvalue weighted by Gasteiger charge is -2.29. The van der Waals surface area contributed by atoms with Gasteiger partial charge in [-0.15, -0.1) is 10.2 Å². The first-order chi connectivity index (χ1) is 12.5. The number of alkyl halides is 3. The smallest absolute Gasteiger partial charge is 0.372 e. The fourth-order valence-electron chi connectivity index (χ4n) is 2.81. The number of rotatable bonds is 4. The Morgan fingerprint density at radius 1 is 1.27 bits per heavy atom. The van der Waals surface area contributed by atoms with Crippen LogP contribution in [0.5, 0.6) is 0 Å². The molecule has 0 spiro atoms. The van der Waals surface area contributed by atoms with Gasteiger partial charge in [0, 0.05) is 25.0 Å². The predicted molar refractivity (Wildman–Crippen MR) is 88.9 cm³/mol. The average Bonchev–Trinajstić information content (AvgIpc) is 3.17. The first kappa shape index (κ1) is 17.7. The highest BCUT2D eigenvalue weighted by Gasteiger charge is 2.34. The summed E-state index contributed by atoms with van der Waals surface area (Å²) in [5, 5.41) is 24.4. The largest absolute Gasteiger partial charge is 0.418 e. The van der Waals surface area contributed by atoms with Gasteiger partial charge in [-0.25, -0.2) is 0 Å². The topological polar surface area (TPSA) is 93.5 Å². The lowest BCUT2D eigenvalue weighted by Crippen LogP contribution is -2.29. The van der Waals surface area contributed by atoms with Crippen LogP contribution in [0.4, 0.5) is 24.5 Å². The van der Waals surface area contributed by atoms with Gasteiger partial charge in [-0.2, -0.15) is 23.6 Å². The van der Waals surface area contributed by atoms with E-state index in [4.69, 9.17) is 5.26 Å². The number of hydrogen-bond donors (Lipinski definition) is 2. The summed E-state index contributed by atoms with van der Waals surface area (Å²) in [6.07, 6.45) is -0.350. The van der Waals surface area contributed by atoms with Gasteiger partial charge in [0.1, 0.15) is 11.6 Å². The molecule has 1 aromatic carbocycles. The SMILES string of the molecule is N#CC(=CNc1ccc(N2CCCCC2)cc1C(F)(F)F)c1nn[nH]n1. The van der Waals surface area contributed by atoms with Crippen molar-refractivity contribution in [3.8, 4) is 6.07 Å². The first-order valence-corrected chi connectivity index (χ1v) is 8.06. The van der Waals surface area contributed by atoms with Crippen LogP contribution in [0.1, 0.15) is 30.7 Å². The number of anilines is 2. The fourth-order valence-corrected chi connectivity index (χ4v) is 2.81. The molecule has 1 aromatic heterocycles. The van der Waals surface area contributed by atoms with Crippen LogP contribution in [-0.2, 0) is 6.18 Å². The summed E-state index contributed by atoms with van der Waals surface area (Å²) in [4.78, 5) is 1.96. The van der Waals surface area contributed by atoms with E-state index in [0.29, 0.717) is 5.69 Å². The van der Waals surface area contributed by atoms with Crippen LogP contribution in [0, 0.1) is 11.3 Å². The van der Waals surface area contributed by atoms with E-state index >= 15 is 0 Å². The van der Waals surface area contributed by atoms with Gasteiger partial charge in [-0.05, 0) is 42.7 Å². The third kappa shape index (κ3) is 3.93. The second-order valence-electron chi connectivity index (χ2n) is 5.82. The highest BCUT2D eigenvalue weighted by atomic mass is 19.4. The van der Waals surface area contributed by atoms with E-state index in [1.165, 1.54) is 6.07 Å². The van der Waals surface area contributed by atoms with Crippen LogP contribution >= 0.6 is 0 Å². The Balaban J connectivity index is 1.90. The van der Waals surface area contributed by atoms with Gasteiger partial charge in [0.15, 0.2) is 0 Å². The monoisotopic (exact) mass is 363 g/mol. The van der Waals surface area contributed by atoms with E-state index in [2.05, 4.69) is 25.9 Å². The Morgan fingerprint density at radius 2 is 2.04 bits per heavy atom. The number of nitrogens with one attached hydrogen (secondary N) is 2. The maximum Gasteiger partial charge on any atom is 0.418 e. The molecule has 26 heavy (non-hydrogen) atoms. The Hall–Kier alpha value is -3.09. The molecule has 136 valence electrons. The maximum atomic E-state index is 13.5. The summed E-state index contributed by atoms with van der Waals surface area (Å²) < 4.78 is 40.5. The molecular weight excluding hydrogens is 347 g/mol. The molecule has 3 rings (SSSR count). The van der Waals surface area contributed by atoms with E-state index in [1.54, 1.807) is 6.07 Å². The third-order valence-corrected chi connectivity index (χ3v) is 4.11. The Morgan fingerprint density at radius 3 is 2.65 bits per heavy atom. The number of benzene rings is 1. The first-order valence-electron chi connectivity index (χ1n) is 8.06. The van der Waals surface area contributed by atoms with Gasteiger partial charge in [0.25, 0.3) is 0 Å². The molecule has 1 fully saturated rings. The van der Waals surface area contributed by atoms with E-state index in [1.807, 2.05) is 11.0 Å². The molecule has 0 aliphatic carbocycles. The third-order valence-electron chi connectivity index (χ3n) is 4.11. The molecule has 2 aromatic rings. The normalized spacial score (nSPS) is 15.6. The lowest BCUT2D eigenvalue weighted by molar-refractivity contribution is -0.136. The zero-order valence-electron chi connectivity index (χ0n) is 13.7. The van der Waals surface area contributed by atoms with Crippen LogP contribution in [0.2, 0.25) is 0 Å². The van der Waals surface area contributed by atoms with Crippen molar-refractivity contribution in [2.45, 2.75) is 25.4 Å². The zero-order valence-corrected chi connectivity index (χ0v) is 13.7. The molecule has 1 saturated heterocycles. The Bertz CT molecular complexity index is 815. The van der Waals surface area contributed by atoms with Gasteiger partial charge >= 0.3 is 6.18 Å². The van der Waals surface area contributed by atoms with Crippen LogP contribution in [-0.4, -0.2) is 33.7 Å². The molecule has 0 radical (unpaired) electrons. The number of aromatic amines is 1. The standard InChI is InChI=1S/C16H16F3N7/c17-16(18,19)13-8-12(26-6-2-1-3-7-26)4-5-14(13)21-10-11(9-20)15-22-24-25-23-15/h4-5,8,10,21H,1-3,6-7H2,(H,22,23,24,25). The second kappa shape index (κ2) is 7.43. The van der Waals surface area contributed by atoms with Crippen molar-refractivity contribution in [1.82, 2.24) is 20.6 Å². The molecule has 0 atom stereocenters. The van der Waals surface area contributed by atoms with Crippen LogP contribution in [0.3, 0.4) is 0 Å². The molecule has 10 heteroatoms. The van der Waals surface area contributed by atoms with Gasteiger partial charge in [0.2, 0.25) is 5.82 Å². The molecule has 2 N–H and O–H groups in total. The van der Waals surface area contributed by atoms with Crippen LogP contribution < -0.4 is 10.2 Å². The van der Waals surface area contributed by atoms with Crippen molar-refractivity contribution in [2.75, 3.05) is 23.3 Å². The minimum Gasteiger partial charge on any atom is -0.372 e. The van der Waals surface area contributed by atoms with Gasteiger partial charge in [-0.3, -0.25) is 0 Å². The number of hydrogen-bond acceptors (Lipinski definition) is 6. The highest BCUT2D eigenvalue weighted by Crippen LogP contribution is 2.38. The molecule has 2 heterocycles. The number of piperidine rings is 1. The number of tetrazole rings is 1. The van der Waals surface area contributed by atoms with Crippen molar-refractivity contribution in [1.29, 1.82) is 5.26 Å². The van der Waals surface area contributed by atoms with E-state index in [9.17, 15) is 13.2 Å². The minimum atomic E-state index is -4.53. The maximum absolute atomic E-state index is 13.5. The quantitative estimate of drug-likeness (QED) is 0.811. The number of aromatic nitrogens is 4. The number of nitrogens with zero attached hydrogens (tertiary/aromatic N) is 5. The number of H-pyrrole nitrogens is 1. The van der Waals surface area contributed by atoms with Crippen molar-refractivity contribution >= 4 is 16.9 Å². The number of allylic oxidation sites excluding steroid dienone is 1. The minimum absolute atomic E-state index is 0.00139. The molecule has 0 amide bonds. The van der Waals surface area contributed by atoms with E-state index in [-0.39, 0.29) is 17.1 Å². The molecule has 7 nitrogen and oxygen atoms in total. The molecule has 0 unspecified atom stereocenters. The van der Waals surface area contributed by atoms with E-state index < -0.39 is 11.7 Å². The highest BCUT2D eigenvalue weighted by molar-refractivity contribution is 5.75. The summed E-state index contributed by atoms with van der Waals surface area (Å²) in [7, 11) is 0. The molecule has 1 aliphatic rings. The Kier molecular flexibility index (Phi) is 5.06. The van der Waals surface area contributed by atoms with Crippen molar-refractivity contribution in [3.63, 3.8) is 0 Å². The van der Waals surface area contributed by atoms with E-state index in [0.717, 1.165) is 44.6 Å². The van der Waals surface area contributed by atoms with Crippen molar-refractivity contribution in [3.05, 3.63) is 35.8 Å². The summed E-state index contributed by atoms with van der Waals surface area (Å²) >= 11 is 0. The predicted octanol–water partition coefficient (Wildman–Crippen LogP) is 3.19. The van der Waals surface area contributed by atoms with Crippen LogP contribution in [0.25, 0.3) is 5.57 Å². The summed E-state index contributed by atoms with van der Waals surface area (Å²) in [5.74, 6) is -0.00139. The van der Waals surface area contributed by atoms with Crippen molar-refractivity contribution in [2.24, 2.45) is 0 Å². The number of nitriles is 1. The molecule has 0 bridgehead atoms. The van der Waals surface area contributed by atoms with Gasteiger partial charge in [-0.1, -0.05) is 0 Å². The van der Waals surface area contributed by atoms with Gasteiger partial charge < -0.3 is 10.2 Å². The lowest BCUT2D eigenvalue weighted by atomic mass is 10.1.